The van der Waals surface area contributed by atoms with Gasteiger partial charge in [0.25, 0.3) is 0 Å². The summed E-state index contributed by atoms with van der Waals surface area (Å²) < 4.78 is 10.9. The largest absolute Gasteiger partial charge is 0.499 e. The SMILES string of the molecule is CN[C@]1(c2ccccc2Cl)CCCC=C1OC.COC1=CCCC[C@]1(N=C=O)c1ccccc1Cl. The van der Waals surface area contributed by atoms with Crippen LogP contribution in [0.25, 0.3) is 0 Å². The van der Waals surface area contributed by atoms with Crippen molar-refractivity contribution in [2.75, 3.05) is 21.3 Å². The molecule has 1 N–H and O–H groups in total. The first-order chi connectivity index (χ1) is 17.0. The van der Waals surface area contributed by atoms with Crippen LogP contribution in [0.3, 0.4) is 0 Å². The lowest BCUT2D eigenvalue weighted by molar-refractivity contribution is 0.179. The van der Waals surface area contributed by atoms with Gasteiger partial charge in [-0.25, -0.2) is 4.79 Å². The molecular weight excluding hydrogens is 483 g/mol. The third kappa shape index (κ3) is 5.49. The maximum absolute atomic E-state index is 10.8. The number of likely N-dealkylation sites (N-methyl/N-ethyl adjacent to an activating group) is 1. The van der Waals surface area contributed by atoms with Gasteiger partial charge in [-0.05, 0) is 75.4 Å². The lowest BCUT2D eigenvalue weighted by Crippen LogP contribution is -2.44. The fourth-order valence-corrected chi connectivity index (χ4v) is 5.65. The van der Waals surface area contributed by atoms with Crippen LogP contribution in [0.2, 0.25) is 10.0 Å². The van der Waals surface area contributed by atoms with Crippen molar-refractivity contribution in [3.63, 3.8) is 0 Å². The number of carbonyl (C=O) groups excluding carboxylic acids is 1. The number of nitrogens with one attached hydrogen (secondary N) is 1. The highest BCUT2D eigenvalue weighted by Gasteiger charge is 2.41. The lowest BCUT2D eigenvalue weighted by atomic mass is 9.79. The van der Waals surface area contributed by atoms with E-state index in [1.54, 1.807) is 26.4 Å². The van der Waals surface area contributed by atoms with Crippen LogP contribution in [0.1, 0.15) is 49.7 Å². The normalized spacial score (nSPS) is 23.6. The van der Waals surface area contributed by atoms with E-state index < -0.39 is 5.54 Å². The minimum absolute atomic E-state index is 0.272. The van der Waals surface area contributed by atoms with Crippen LogP contribution in [0.4, 0.5) is 0 Å². The van der Waals surface area contributed by atoms with E-state index >= 15 is 0 Å². The zero-order valence-corrected chi connectivity index (χ0v) is 22.0. The molecule has 0 spiro atoms. The number of aliphatic imine (C=N–C) groups is 1. The predicted octanol–water partition coefficient (Wildman–Crippen LogP) is 7.05. The molecule has 0 saturated carbocycles. The second-order valence-corrected chi connectivity index (χ2v) is 9.32. The molecule has 0 amide bonds. The van der Waals surface area contributed by atoms with Gasteiger partial charge in [0.05, 0.1) is 14.2 Å². The molecule has 0 aromatic heterocycles. The van der Waals surface area contributed by atoms with Gasteiger partial charge in [0, 0.05) is 15.6 Å². The van der Waals surface area contributed by atoms with Crippen LogP contribution in [0, 0.1) is 0 Å². The van der Waals surface area contributed by atoms with Crippen molar-refractivity contribution in [3.05, 3.63) is 93.4 Å². The van der Waals surface area contributed by atoms with Crippen LogP contribution < -0.4 is 5.32 Å². The van der Waals surface area contributed by atoms with E-state index in [1.165, 1.54) is 0 Å². The Bertz CT molecular complexity index is 1130. The van der Waals surface area contributed by atoms with Gasteiger partial charge in [-0.1, -0.05) is 59.6 Å². The molecule has 0 unspecified atom stereocenters. The van der Waals surface area contributed by atoms with Crippen LogP contribution in [0.5, 0.6) is 0 Å². The number of benzene rings is 2. The standard InChI is InChI=1S/C14H14ClNO2.C14H18ClNO/c1-18-13-8-4-5-9-14(13,16-10-17)11-6-2-3-7-12(11)15;1-16-14(10-6-5-9-13(14)17-2)11-7-3-4-8-12(11)15/h2-3,6-8H,4-5,9H2,1H3;3-4,7-9,16H,5-6,10H2,1-2H3/t2*14-/m00/s1. The van der Waals surface area contributed by atoms with Crippen molar-refractivity contribution in [1.82, 2.24) is 5.32 Å². The number of methoxy groups -OCH3 is 2. The Morgan fingerprint density at radius 1 is 0.857 bits per heavy atom. The quantitative estimate of drug-likeness (QED) is 0.331. The summed E-state index contributed by atoms with van der Waals surface area (Å²) >= 11 is 12.6. The third-order valence-electron chi connectivity index (χ3n) is 6.74. The highest BCUT2D eigenvalue weighted by molar-refractivity contribution is 6.31. The van der Waals surface area contributed by atoms with Crippen molar-refractivity contribution in [3.8, 4) is 0 Å². The van der Waals surface area contributed by atoms with Gasteiger partial charge in [-0.15, -0.1) is 0 Å². The molecular formula is C28H32Cl2N2O3. The number of rotatable bonds is 6. The summed E-state index contributed by atoms with van der Waals surface area (Å²) in [6.45, 7) is 0. The van der Waals surface area contributed by atoms with E-state index in [-0.39, 0.29) is 5.54 Å². The maximum Gasteiger partial charge on any atom is 0.236 e. The summed E-state index contributed by atoms with van der Waals surface area (Å²) in [4.78, 5) is 14.8. The van der Waals surface area contributed by atoms with E-state index in [2.05, 4.69) is 22.5 Å². The van der Waals surface area contributed by atoms with Gasteiger partial charge in [-0.2, -0.15) is 4.99 Å². The topological polar surface area (TPSA) is 59.9 Å². The van der Waals surface area contributed by atoms with Crippen molar-refractivity contribution >= 4 is 29.3 Å². The van der Waals surface area contributed by atoms with Crippen molar-refractivity contribution in [1.29, 1.82) is 0 Å². The minimum atomic E-state index is -0.812. The fraction of sp³-hybridized carbons (Fsp3) is 0.393. The Kier molecular flexibility index (Phi) is 9.59. The molecule has 5 nitrogen and oxygen atoms in total. The van der Waals surface area contributed by atoms with Gasteiger partial charge >= 0.3 is 0 Å². The number of nitrogens with zero attached hydrogens (tertiary/aromatic N) is 1. The van der Waals surface area contributed by atoms with E-state index in [9.17, 15) is 4.79 Å². The van der Waals surface area contributed by atoms with Crippen molar-refractivity contribution in [2.45, 2.75) is 49.6 Å². The zero-order chi connectivity index (χ0) is 25.3. The molecule has 0 radical (unpaired) electrons. The summed E-state index contributed by atoms with van der Waals surface area (Å²) in [5.41, 5.74) is 0.804. The molecule has 0 saturated heterocycles. The highest BCUT2D eigenvalue weighted by atomic mass is 35.5. The Hall–Kier alpha value is -2.56. The first-order valence-corrected chi connectivity index (χ1v) is 12.5. The monoisotopic (exact) mass is 514 g/mol. The zero-order valence-electron chi connectivity index (χ0n) is 20.4. The molecule has 2 aromatic carbocycles. The van der Waals surface area contributed by atoms with Crippen molar-refractivity contribution < 1.29 is 14.3 Å². The molecule has 4 rings (SSSR count). The summed E-state index contributed by atoms with van der Waals surface area (Å²) in [5.74, 6) is 1.64. The van der Waals surface area contributed by atoms with E-state index in [4.69, 9.17) is 32.7 Å². The fourth-order valence-electron chi connectivity index (χ4n) is 5.06. The molecule has 2 aromatic rings. The molecule has 0 heterocycles. The molecule has 35 heavy (non-hydrogen) atoms. The average molecular weight is 515 g/mol. The number of hydrogen-bond donors (Lipinski definition) is 1. The molecule has 0 aliphatic heterocycles. The number of allylic oxidation sites excluding steroid dienone is 2. The molecule has 186 valence electrons. The lowest BCUT2D eigenvalue weighted by Gasteiger charge is -2.38. The minimum Gasteiger partial charge on any atom is -0.499 e. The third-order valence-corrected chi connectivity index (χ3v) is 7.40. The average Bonchev–Trinajstić information content (AvgIpc) is 2.90. The first-order valence-electron chi connectivity index (χ1n) is 11.8. The highest BCUT2D eigenvalue weighted by Crippen LogP contribution is 2.44. The van der Waals surface area contributed by atoms with Crippen LogP contribution in [-0.2, 0) is 25.3 Å². The molecule has 7 heteroatoms. The van der Waals surface area contributed by atoms with Crippen molar-refractivity contribution in [2.24, 2.45) is 4.99 Å². The molecule has 2 atom stereocenters. The second-order valence-electron chi connectivity index (χ2n) is 8.51. The summed E-state index contributed by atoms with van der Waals surface area (Å²) in [5, 5.41) is 4.77. The summed E-state index contributed by atoms with van der Waals surface area (Å²) in [6, 6.07) is 15.4. The molecule has 2 aliphatic rings. The van der Waals surface area contributed by atoms with Gasteiger partial charge in [0.2, 0.25) is 6.08 Å². The number of halogens is 2. The Balaban J connectivity index is 0.000000196. The number of hydrogen-bond acceptors (Lipinski definition) is 5. The van der Waals surface area contributed by atoms with Crippen LogP contribution in [-0.4, -0.2) is 27.3 Å². The number of ether oxygens (including phenoxy) is 2. The Morgan fingerprint density at radius 2 is 1.40 bits per heavy atom. The second kappa shape index (κ2) is 12.4. The smallest absolute Gasteiger partial charge is 0.236 e. The first kappa shape index (κ1) is 27.0. The Morgan fingerprint density at radius 3 is 1.94 bits per heavy atom. The number of isocyanates is 1. The van der Waals surface area contributed by atoms with Crippen LogP contribution in [0.15, 0.2) is 77.2 Å². The van der Waals surface area contributed by atoms with Gasteiger partial charge in [-0.3, -0.25) is 0 Å². The van der Waals surface area contributed by atoms with E-state index in [0.29, 0.717) is 17.2 Å². The maximum atomic E-state index is 10.8. The molecule has 0 bridgehead atoms. The summed E-state index contributed by atoms with van der Waals surface area (Å²) in [7, 11) is 5.27. The molecule has 0 fully saturated rings. The van der Waals surface area contributed by atoms with Gasteiger partial charge in [0.1, 0.15) is 17.1 Å². The van der Waals surface area contributed by atoms with Gasteiger partial charge in [0.15, 0.2) is 5.54 Å². The predicted molar refractivity (Wildman–Crippen MR) is 141 cm³/mol. The summed E-state index contributed by atoms with van der Waals surface area (Å²) in [6.07, 6.45) is 11.6. The molecule has 2 aliphatic carbocycles. The van der Waals surface area contributed by atoms with Crippen LogP contribution >= 0.6 is 23.2 Å². The van der Waals surface area contributed by atoms with E-state index in [1.807, 2.05) is 49.5 Å². The van der Waals surface area contributed by atoms with Gasteiger partial charge < -0.3 is 14.8 Å². The Labute approximate surface area is 217 Å². The van der Waals surface area contributed by atoms with E-state index in [0.717, 1.165) is 54.0 Å².